The van der Waals surface area contributed by atoms with Crippen LogP contribution in [0.4, 0.5) is 4.39 Å². The Balaban J connectivity index is 1.67. The molecule has 134 valence electrons. The molecule has 2 aliphatic heterocycles. The van der Waals surface area contributed by atoms with E-state index in [1.807, 2.05) is 0 Å². The lowest BCUT2D eigenvalue weighted by Crippen LogP contribution is -2.57. The summed E-state index contributed by atoms with van der Waals surface area (Å²) >= 11 is 0. The number of rotatable bonds is 3. The normalized spacial score (nSPS) is 22.5. The summed E-state index contributed by atoms with van der Waals surface area (Å²) in [5.41, 5.74) is -0.0969. The molecule has 0 bridgehead atoms. The zero-order valence-electron chi connectivity index (χ0n) is 14.1. The maximum Gasteiger partial charge on any atom is 0.309 e. The third kappa shape index (κ3) is 3.10. The number of benzene rings is 1. The maximum atomic E-state index is 13.2. The molecule has 0 aliphatic carbocycles. The number of amides is 2. The summed E-state index contributed by atoms with van der Waals surface area (Å²) in [6.07, 6.45) is 1.02. The van der Waals surface area contributed by atoms with Gasteiger partial charge in [0.25, 0.3) is 0 Å². The Morgan fingerprint density at radius 2 is 2.00 bits per heavy atom. The van der Waals surface area contributed by atoms with Crippen molar-refractivity contribution in [1.82, 2.24) is 9.80 Å². The molecule has 7 heteroatoms. The maximum absolute atomic E-state index is 13.2. The highest BCUT2D eigenvalue weighted by Crippen LogP contribution is 2.42. The van der Waals surface area contributed by atoms with E-state index in [4.69, 9.17) is 0 Å². The van der Waals surface area contributed by atoms with Gasteiger partial charge >= 0.3 is 5.97 Å². The van der Waals surface area contributed by atoms with Crippen molar-refractivity contribution >= 4 is 17.8 Å². The van der Waals surface area contributed by atoms with Crippen LogP contribution in [0.2, 0.25) is 0 Å². The Hall–Kier alpha value is -2.44. The summed E-state index contributed by atoms with van der Waals surface area (Å²) in [4.78, 5) is 39.2. The second kappa shape index (κ2) is 6.46. The summed E-state index contributed by atoms with van der Waals surface area (Å²) in [6, 6.07) is 5.95. The van der Waals surface area contributed by atoms with Gasteiger partial charge in [-0.15, -0.1) is 0 Å². The van der Waals surface area contributed by atoms with Gasteiger partial charge < -0.3 is 14.9 Å². The van der Waals surface area contributed by atoms with Crippen molar-refractivity contribution in [1.29, 1.82) is 0 Å². The fraction of sp³-hybridized carbons (Fsp3) is 0.500. The van der Waals surface area contributed by atoms with E-state index < -0.39 is 17.4 Å². The lowest BCUT2D eigenvalue weighted by atomic mass is 9.77. The van der Waals surface area contributed by atoms with Crippen molar-refractivity contribution in [3.8, 4) is 0 Å². The van der Waals surface area contributed by atoms with Crippen LogP contribution < -0.4 is 0 Å². The molecule has 1 N–H and O–H groups in total. The minimum absolute atomic E-state index is 0.0169. The molecule has 1 spiro atoms. The number of likely N-dealkylation sites (tertiary alicyclic amines) is 2. The molecule has 1 aromatic rings. The number of piperidine rings is 1. The van der Waals surface area contributed by atoms with Crippen molar-refractivity contribution in [2.45, 2.75) is 31.2 Å². The van der Waals surface area contributed by atoms with Gasteiger partial charge in [0, 0.05) is 26.6 Å². The van der Waals surface area contributed by atoms with Crippen LogP contribution in [0.1, 0.15) is 24.8 Å². The lowest BCUT2D eigenvalue weighted by molar-refractivity contribution is -0.146. The van der Waals surface area contributed by atoms with Gasteiger partial charge in [-0.25, -0.2) is 4.39 Å². The summed E-state index contributed by atoms with van der Waals surface area (Å²) in [5, 5.41) is 9.47. The number of halogens is 1. The van der Waals surface area contributed by atoms with Gasteiger partial charge in [0.2, 0.25) is 11.8 Å². The van der Waals surface area contributed by atoms with Crippen LogP contribution in [0.5, 0.6) is 0 Å². The van der Waals surface area contributed by atoms with Gasteiger partial charge in [0.05, 0.1) is 17.9 Å². The Kier molecular flexibility index (Phi) is 4.49. The first-order valence-electron chi connectivity index (χ1n) is 8.35. The molecular formula is C18H21FN2O4. The van der Waals surface area contributed by atoms with Crippen LogP contribution in [-0.4, -0.2) is 58.4 Å². The van der Waals surface area contributed by atoms with Gasteiger partial charge in [0.15, 0.2) is 0 Å². The fourth-order valence-electron chi connectivity index (χ4n) is 4.06. The van der Waals surface area contributed by atoms with Gasteiger partial charge in [-0.3, -0.25) is 14.4 Å². The molecule has 2 amide bonds. The van der Waals surface area contributed by atoms with Crippen molar-refractivity contribution < 1.29 is 23.9 Å². The first kappa shape index (κ1) is 17.4. The molecule has 2 heterocycles. The predicted molar refractivity (Wildman–Crippen MR) is 87.2 cm³/mol. The summed E-state index contributed by atoms with van der Waals surface area (Å²) in [6.45, 7) is 0.797. The number of carboxylic acids is 1. The highest BCUT2D eigenvalue weighted by Gasteiger charge is 2.55. The summed E-state index contributed by atoms with van der Waals surface area (Å²) in [7, 11) is 1.65. The summed E-state index contributed by atoms with van der Waals surface area (Å²) in [5.74, 6) is -2.34. The third-order valence-electron chi connectivity index (χ3n) is 5.59. The molecule has 6 nitrogen and oxygen atoms in total. The van der Waals surface area contributed by atoms with Gasteiger partial charge in [-0.05, 0) is 30.5 Å². The van der Waals surface area contributed by atoms with Crippen molar-refractivity contribution in [3.05, 3.63) is 35.6 Å². The Labute approximate surface area is 145 Å². The number of carbonyl (C=O) groups is 3. The highest BCUT2D eigenvalue weighted by molar-refractivity contribution is 5.88. The van der Waals surface area contributed by atoms with E-state index in [2.05, 4.69) is 0 Å². The number of nitrogens with zero attached hydrogens (tertiary/aromatic N) is 2. The fourth-order valence-corrected chi connectivity index (χ4v) is 4.06. The lowest BCUT2D eigenvalue weighted by Gasteiger charge is -2.45. The summed E-state index contributed by atoms with van der Waals surface area (Å²) < 4.78 is 13.2. The van der Waals surface area contributed by atoms with E-state index in [0.29, 0.717) is 31.5 Å². The quantitative estimate of drug-likeness (QED) is 0.893. The molecule has 0 saturated carbocycles. The zero-order chi connectivity index (χ0) is 18.2. The second-order valence-electron chi connectivity index (χ2n) is 6.84. The Morgan fingerprint density at radius 1 is 1.32 bits per heavy atom. The molecule has 2 fully saturated rings. The predicted octanol–water partition coefficient (Wildman–Crippen LogP) is 1.29. The monoisotopic (exact) mass is 348 g/mol. The van der Waals surface area contributed by atoms with E-state index in [1.165, 1.54) is 12.1 Å². The van der Waals surface area contributed by atoms with Crippen LogP contribution in [0.3, 0.4) is 0 Å². The standard InChI is InChI=1S/C18H21FN2O4/c1-20-15(22)11-14(17(24)25)18(20)5-7-21(8-6-18)16(23)10-12-3-2-4-13(19)9-12/h2-4,9,14H,5-8,10-11H2,1H3,(H,24,25). The third-order valence-corrected chi connectivity index (χ3v) is 5.59. The average Bonchev–Trinajstić information content (AvgIpc) is 2.81. The van der Waals surface area contributed by atoms with Crippen molar-refractivity contribution in [3.63, 3.8) is 0 Å². The SMILES string of the molecule is CN1C(=O)CC(C(=O)O)C12CCN(C(=O)Cc1cccc(F)c1)CC2. The first-order chi connectivity index (χ1) is 11.8. The number of aliphatic carboxylic acids is 1. The van der Waals surface area contributed by atoms with Crippen LogP contribution in [0.25, 0.3) is 0 Å². The van der Waals surface area contributed by atoms with Gasteiger partial charge in [-0.1, -0.05) is 12.1 Å². The molecule has 1 atom stereocenters. The molecule has 25 heavy (non-hydrogen) atoms. The van der Waals surface area contributed by atoms with Crippen molar-refractivity contribution in [2.24, 2.45) is 5.92 Å². The van der Waals surface area contributed by atoms with E-state index in [0.717, 1.165) is 0 Å². The first-order valence-corrected chi connectivity index (χ1v) is 8.35. The van der Waals surface area contributed by atoms with Crippen LogP contribution in [-0.2, 0) is 20.8 Å². The van der Waals surface area contributed by atoms with Crippen LogP contribution >= 0.6 is 0 Å². The number of hydrogen-bond donors (Lipinski definition) is 1. The Morgan fingerprint density at radius 3 is 2.60 bits per heavy atom. The molecular weight excluding hydrogens is 327 g/mol. The minimum atomic E-state index is -0.961. The molecule has 2 saturated heterocycles. The molecule has 0 radical (unpaired) electrons. The van der Waals surface area contributed by atoms with Crippen LogP contribution in [0, 0.1) is 11.7 Å². The Bertz CT molecular complexity index is 713. The van der Waals surface area contributed by atoms with E-state index in [9.17, 15) is 23.9 Å². The molecule has 0 aromatic heterocycles. The molecule has 3 rings (SSSR count). The smallest absolute Gasteiger partial charge is 0.309 e. The topological polar surface area (TPSA) is 77.9 Å². The molecule has 2 aliphatic rings. The van der Waals surface area contributed by atoms with E-state index in [-0.39, 0.29) is 30.5 Å². The molecule has 1 unspecified atom stereocenters. The van der Waals surface area contributed by atoms with Gasteiger partial charge in [-0.2, -0.15) is 0 Å². The minimum Gasteiger partial charge on any atom is -0.481 e. The largest absolute Gasteiger partial charge is 0.481 e. The van der Waals surface area contributed by atoms with E-state index >= 15 is 0 Å². The number of carboxylic acid groups (broad SMARTS) is 1. The molecule has 1 aromatic carbocycles. The zero-order valence-corrected chi connectivity index (χ0v) is 14.1. The second-order valence-corrected chi connectivity index (χ2v) is 6.84. The number of carbonyl (C=O) groups excluding carboxylic acids is 2. The van der Waals surface area contributed by atoms with E-state index in [1.54, 1.807) is 29.0 Å². The van der Waals surface area contributed by atoms with Crippen LogP contribution in [0.15, 0.2) is 24.3 Å². The van der Waals surface area contributed by atoms with Gasteiger partial charge in [0.1, 0.15) is 5.82 Å². The highest BCUT2D eigenvalue weighted by atomic mass is 19.1. The number of hydrogen-bond acceptors (Lipinski definition) is 3. The average molecular weight is 348 g/mol. The van der Waals surface area contributed by atoms with Crippen molar-refractivity contribution in [2.75, 3.05) is 20.1 Å².